The Balaban J connectivity index is 1.55. The Morgan fingerprint density at radius 1 is 1.15 bits per heavy atom. The van der Waals surface area contributed by atoms with Crippen LogP contribution in [0.3, 0.4) is 0 Å². The minimum atomic E-state index is -0.122. The number of carbonyl (C=O) groups is 1. The van der Waals surface area contributed by atoms with Crippen LogP contribution >= 0.6 is 23.1 Å². The van der Waals surface area contributed by atoms with Gasteiger partial charge in [0, 0.05) is 5.69 Å². The number of thioether (sulfide) groups is 1. The van der Waals surface area contributed by atoms with Crippen LogP contribution in [0.25, 0.3) is 0 Å². The Morgan fingerprint density at radius 2 is 1.96 bits per heavy atom. The molecule has 1 aromatic heterocycles. The van der Waals surface area contributed by atoms with Gasteiger partial charge in [0.25, 0.3) is 0 Å². The summed E-state index contributed by atoms with van der Waals surface area (Å²) in [5.41, 5.74) is 4.02. The summed E-state index contributed by atoms with van der Waals surface area (Å²) >= 11 is 2.77. The van der Waals surface area contributed by atoms with Crippen molar-refractivity contribution in [1.82, 2.24) is 10.2 Å². The number of nitrogens with one attached hydrogen (secondary N) is 2. The van der Waals surface area contributed by atoms with Crippen molar-refractivity contribution >= 4 is 45.5 Å². The van der Waals surface area contributed by atoms with Gasteiger partial charge in [-0.05, 0) is 37.6 Å². The molecule has 0 spiro atoms. The van der Waals surface area contributed by atoms with Gasteiger partial charge in [0.15, 0.2) is 4.34 Å². The Kier molecular flexibility index (Phi) is 6.31. The van der Waals surface area contributed by atoms with Crippen molar-refractivity contribution in [2.45, 2.75) is 18.2 Å². The quantitative estimate of drug-likeness (QED) is 0.563. The molecule has 2 N–H and O–H groups in total. The zero-order valence-electron chi connectivity index (χ0n) is 15.3. The number of amides is 1. The van der Waals surface area contributed by atoms with Crippen LogP contribution in [0.1, 0.15) is 11.1 Å². The molecule has 0 unspecified atom stereocenters. The lowest BCUT2D eigenvalue weighted by Gasteiger charge is -2.09. The van der Waals surface area contributed by atoms with E-state index in [0.29, 0.717) is 16.6 Å². The molecule has 1 heterocycles. The zero-order valence-corrected chi connectivity index (χ0v) is 16.9. The summed E-state index contributed by atoms with van der Waals surface area (Å²) in [5, 5.41) is 15.1. The molecule has 0 saturated heterocycles. The van der Waals surface area contributed by atoms with E-state index >= 15 is 0 Å². The molecule has 0 bridgehead atoms. The number of aromatic nitrogens is 2. The second-order valence-corrected chi connectivity index (χ2v) is 8.05. The summed E-state index contributed by atoms with van der Waals surface area (Å²) in [6, 6.07) is 13.5. The highest BCUT2D eigenvalue weighted by atomic mass is 32.2. The van der Waals surface area contributed by atoms with Crippen molar-refractivity contribution in [1.29, 1.82) is 0 Å². The molecule has 0 aliphatic rings. The SMILES string of the molecule is COc1ccccc1NC(=O)CSc1nnc(Nc2ccc(C)cc2C)s1. The summed E-state index contributed by atoms with van der Waals surface area (Å²) < 4.78 is 5.97. The van der Waals surface area contributed by atoms with Crippen LogP contribution in [0.15, 0.2) is 46.8 Å². The monoisotopic (exact) mass is 400 g/mol. The highest BCUT2D eigenvalue weighted by molar-refractivity contribution is 8.01. The smallest absolute Gasteiger partial charge is 0.234 e. The van der Waals surface area contributed by atoms with E-state index in [9.17, 15) is 4.79 Å². The summed E-state index contributed by atoms with van der Waals surface area (Å²) in [6.07, 6.45) is 0. The van der Waals surface area contributed by atoms with Gasteiger partial charge in [-0.2, -0.15) is 0 Å². The Morgan fingerprint density at radius 3 is 2.74 bits per heavy atom. The van der Waals surface area contributed by atoms with Gasteiger partial charge in [-0.15, -0.1) is 10.2 Å². The summed E-state index contributed by atoms with van der Waals surface area (Å²) in [6.45, 7) is 4.11. The number of para-hydroxylation sites is 2. The van der Waals surface area contributed by atoms with E-state index < -0.39 is 0 Å². The fourth-order valence-corrected chi connectivity index (χ4v) is 4.01. The van der Waals surface area contributed by atoms with Gasteiger partial charge in [-0.1, -0.05) is 52.9 Å². The normalized spacial score (nSPS) is 10.5. The van der Waals surface area contributed by atoms with E-state index in [1.165, 1.54) is 28.7 Å². The van der Waals surface area contributed by atoms with E-state index in [2.05, 4.69) is 33.8 Å². The fraction of sp³-hybridized carbons (Fsp3) is 0.211. The van der Waals surface area contributed by atoms with Crippen LogP contribution in [0.5, 0.6) is 5.75 Å². The third kappa shape index (κ3) is 5.21. The van der Waals surface area contributed by atoms with Gasteiger partial charge in [0.05, 0.1) is 18.6 Å². The second kappa shape index (κ2) is 8.88. The molecule has 0 aliphatic carbocycles. The maximum absolute atomic E-state index is 12.2. The fourth-order valence-electron chi connectivity index (χ4n) is 2.45. The summed E-state index contributed by atoms with van der Waals surface area (Å²) in [7, 11) is 1.57. The van der Waals surface area contributed by atoms with Gasteiger partial charge in [0.2, 0.25) is 11.0 Å². The van der Waals surface area contributed by atoms with E-state index in [1.807, 2.05) is 31.2 Å². The van der Waals surface area contributed by atoms with Crippen LogP contribution in [0.4, 0.5) is 16.5 Å². The molecule has 140 valence electrons. The van der Waals surface area contributed by atoms with Crippen molar-refractivity contribution in [3.8, 4) is 5.75 Å². The van der Waals surface area contributed by atoms with Crippen molar-refractivity contribution in [3.05, 3.63) is 53.6 Å². The minimum absolute atomic E-state index is 0.122. The first-order valence-electron chi connectivity index (χ1n) is 8.28. The number of anilines is 3. The molecule has 8 heteroatoms. The van der Waals surface area contributed by atoms with Crippen LogP contribution in [0.2, 0.25) is 0 Å². The summed E-state index contributed by atoms with van der Waals surface area (Å²) in [4.78, 5) is 12.2. The number of benzene rings is 2. The largest absolute Gasteiger partial charge is 0.495 e. The average molecular weight is 401 g/mol. The van der Waals surface area contributed by atoms with Crippen molar-refractivity contribution in [2.24, 2.45) is 0 Å². The molecule has 0 atom stereocenters. The topological polar surface area (TPSA) is 76.1 Å². The number of rotatable bonds is 7. The number of carbonyl (C=O) groups excluding carboxylic acids is 1. The summed E-state index contributed by atoms with van der Waals surface area (Å²) in [5.74, 6) is 0.756. The van der Waals surface area contributed by atoms with Crippen LogP contribution in [-0.2, 0) is 4.79 Å². The molecule has 1 amide bonds. The highest BCUT2D eigenvalue weighted by Gasteiger charge is 2.11. The maximum atomic E-state index is 12.2. The van der Waals surface area contributed by atoms with E-state index in [4.69, 9.17) is 4.74 Å². The van der Waals surface area contributed by atoms with Crippen LogP contribution < -0.4 is 15.4 Å². The van der Waals surface area contributed by atoms with E-state index in [1.54, 1.807) is 19.2 Å². The third-order valence-corrected chi connectivity index (χ3v) is 5.71. The van der Waals surface area contributed by atoms with Crippen molar-refractivity contribution in [2.75, 3.05) is 23.5 Å². The number of methoxy groups -OCH3 is 1. The number of aryl methyl sites for hydroxylation is 2. The molecule has 0 fully saturated rings. The maximum Gasteiger partial charge on any atom is 0.234 e. The zero-order chi connectivity index (χ0) is 19.2. The Labute approximate surface area is 166 Å². The first-order chi connectivity index (χ1) is 13.0. The molecular weight excluding hydrogens is 380 g/mol. The van der Waals surface area contributed by atoms with Crippen molar-refractivity contribution < 1.29 is 9.53 Å². The molecule has 0 saturated carbocycles. The van der Waals surface area contributed by atoms with Gasteiger partial charge >= 0.3 is 0 Å². The van der Waals surface area contributed by atoms with Gasteiger partial charge < -0.3 is 15.4 Å². The Bertz CT molecular complexity index is 943. The van der Waals surface area contributed by atoms with E-state index in [0.717, 1.165) is 15.6 Å². The first-order valence-corrected chi connectivity index (χ1v) is 10.1. The molecule has 0 radical (unpaired) electrons. The number of ether oxygens (including phenoxy) is 1. The number of hydrogen-bond donors (Lipinski definition) is 2. The average Bonchev–Trinajstić information content (AvgIpc) is 3.10. The predicted octanol–water partition coefficient (Wildman–Crippen LogP) is 4.64. The number of nitrogens with zero attached hydrogens (tertiary/aromatic N) is 2. The Hall–Kier alpha value is -2.58. The molecule has 3 aromatic rings. The highest BCUT2D eigenvalue weighted by Crippen LogP contribution is 2.29. The van der Waals surface area contributed by atoms with Gasteiger partial charge in [-0.3, -0.25) is 4.79 Å². The third-order valence-electron chi connectivity index (χ3n) is 3.74. The lowest BCUT2D eigenvalue weighted by molar-refractivity contribution is -0.113. The molecule has 2 aromatic carbocycles. The van der Waals surface area contributed by atoms with Crippen molar-refractivity contribution in [3.63, 3.8) is 0 Å². The van der Waals surface area contributed by atoms with Crippen LogP contribution in [-0.4, -0.2) is 29.0 Å². The second-order valence-electron chi connectivity index (χ2n) is 5.85. The van der Waals surface area contributed by atoms with Crippen LogP contribution in [0, 0.1) is 13.8 Å². The predicted molar refractivity (Wildman–Crippen MR) is 111 cm³/mol. The molecule has 6 nitrogen and oxygen atoms in total. The molecular formula is C19H20N4O2S2. The van der Waals surface area contributed by atoms with Gasteiger partial charge in [0.1, 0.15) is 5.75 Å². The number of hydrogen-bond acceptors (Lipinski definition) is 7. The molecule has 3 rings (SSSR count). The molecule has 27 heavy (non-hydrogen) atoms. The van der Waals surface area contributed by atoms with E-state index in [-0.39, 0.29) is 11.7 Å². The minimum Gasteiger partial charge on any atom is -0.495 e. The lowest BCUT2D eigenvalue weighted by atomic mass is 10.1. The standard InChI is InChI=1S/C19H20N4O2S2/c1-12-8-9-14(13(2)10-12)21-18-22-23-19(27-18)26-11-17(24)20-15-6-4-5-7-16(15)25-3/h4-10H,11H2,1-3H3,(H,20,24)(H,21,22). The van der Waals surface area contributed by atoms with Gasteiger partial charge in [-0.25, -0.2) is 0 Å². The lowest BCUT2D eigenvalue weighted by Crippen LogP contribution is -2.14. The first kappa shape index (κ1) is 19.2. The molecule has 0 aliphatic heterocycles.